The van der Waals surface area contributed by atoms with Crippen molar-refractivity contribution in [1.29, 1.82) is 0 Å². The number of fused-ring (bicyclic) bond motifs is 1. The third-order valence-corrected chi connectivity index (χ3v) is 5.31. The van der Waals surface area contributed by atoms with E-state index >= 15 is 0 Å². The molecule has 1 aliphatic heterocycles. The number of aryl methyl sites for hydroxylation is 2. The summed E-state index contributed by atoms with van der Waals surface area (Å²) in [5.41, 5.74) is 0. The molecule has 0 unspecified atom stereocenters. The van der Waals surface area contributed by atoms with Crippen molar-refractivity contribution in [3.8, 4) is 0 Å². The van der Waals surface area contributed by atoms with Crippen LogP contribution in [0.25, 0.3) is 0 Å². The second-order valence-corrected chi connectivity index (χ2v) is 7.05. The van der Waals surface area contributed by atoms with Crippen molar-refractivity contribution in [2.24, 2.45) is 11.8 Å². The van der Waals surface area contributed by atoms with Crippen LogP contribution in [0.15, 0.2) is 0 Å². The van der Waals surface area contributed by atoms with Gasteiger partial charge in [0.05, 0.1) is 12.7 Å². The maximum absolute atomic E-state index is 6.06. The fourth-order valence-corrected chi connectivity index (χ4v) is 3.82. The number of nitrogens with zero attached hydrogens (tertiary/aromatic N) is 3. The van der Waals surface area contributed by atoms with E-state index in [1.165, 1.54) is 32.1 Å². The third kappa shape index (κ3) is 3.87. The van der Waals surface area contributed by atoms with E-state index in [0.717, 1.165) is 50.2 Å². The monoisotopic (exact) mass is 306 g/mol. The van der Waals surface area contributed by atoms with Gasteiger partial charge in [-0.15, -0.1) is 10.2 Å². The lowest BCUT2D eigenvalue weighted by molar-refractivity contribution is -0.00341. The van der Waals surface area contributed by atoms with Gasteiger partial charge in [0.15, 0.2) is 0 Å². The van der Waals surface area contributed by atoms with Gasteiger partial charge in [-0.25, -0.2) is 0 Å². The molecule has 5 nitrogen and oxygen atoms in total. The smallest absolute Gasteiger partial charge is 0.133 e. The molecular weight excluding hydrogens is 276 g/mol. The first-order valence-corrected chi connectivity index (χ1v) is 8.95. The van der Waals surface area contributed by atoms with Crippen LogP contribution in [-0.2, 0) is 17.7 Å². The Morgan fingerprint density at radius 3 is 2.95 bits per heavy atom. The van der Waals surface area contributed by atoms with E-state index in [2.05, 4.69) is 27.0 Å². The summed E-state index contributed by atoms with van der Waals surface area (Å²) in [5, 5.41) is 12.0. The van der Waals surface area contributed by atoms with Gasteiger partial charge in [0.25, 0.3) is 0 Å². The van der Waals surface area contributed by atoms with Crippen LogP contribution in [-0.4, -0.2) is 40.6 Å². The fourth-order valence-electron chi connectivity index (χ4n) is 3.82. The third-order valence-electron chi connectivity index (χ3n) is 5.31. The lowest BCUT2D eigenvalue weighted by Gasteiger charge is -2.29. The van der Waals surface area contributed by atoms with Gasteiger partial charge in [-0.2, -0.15) is 0 Å². The summed E-state index contributed by atoms with van der Waals surface area (Å²) in [5.74, 6) is 3.63. The number of ether oxygens (including phenoxy) is 1. The fraction of sp³-hybridized carbons (Fsp3) is 0.882. The predicted octanol–water partition coefficient (Wildman–Crippen LogP) is 2.33. The van der Waals surface area contributed by atoms with Gasteiger partial charge in [0, 0.05) is 19.5 Å². The molecule has 0 bridgehead atoms. The van der Waals surface area contributed by atoms with Gasteiger partial charge in [0.2, 0.25) is 0 Å². The molecule has 1 fully saturated rings. The first-order valence-electron chi connectivity index (χ1n) is 8.95. The number of hydrogen-bond acceptors (Lipinski definition) is 4. The predicted molar refractivity (Wildman–Crippen MR) is 86.8 cm³/mol. The van der Waals surface area contributed by atoms with E-state index in [-0.39, 0.29) is 0 Å². The first-order chi connectivity index (χ1) is 10.7. The summed E-state index contributed by atoms with van der Waals surface area (Å²) in [6.45, 7) is 8.32. The Kier molecular flexibility index (Phi) is 5.47. The molecule has 0 aromatic carbocycles. The molecule has 2 aliphatic rings. The molecule has 1 N–H and O–H groups in total. The van der Waals surface area contributed by atoms with Crippen LogP contribution in [0.1, 0.15) is 50.7 Å². The minimum atomic E-state index is 0.493. The molecule has 0 spiro atoms. The molecule has 0 saturated heterocycles. The Morgan fingerprint density at radius 2 is 2.09 bits per heavy atom. The van der Waals surface area contributed by atoms with Crippen molar-refractivity contribution in [2.75, 3.05) is 19.7 Å². The van der Waals surface area contributed by atoms with E-state index < -0.39 is 0 Å². The average Bonchev–Trinajstić information content (AvgIpc) is 2.90. The van der Waals surface area contributed by atoms with Crippen molar-refractivity contribution >= 4 is 0 Å². The van der Waals surface area contributed by atoms with Crippen LogP contribution in [0.2, 0.25) is 0 Å². The molecule has 22 heavy (non-hydrogen) atoms. The standard InChI is InChI=1S/C17H30N4O/c1-13-5-3-4-6-16(13)22-10-9-18-11-15-7-8-17-20-19-14(2)21(17)12-15/h13,15-16,18H,3-12H2,1-2H3/t13-,15-,16+/m0/s1. The van der Waals surface area contributed by atoms with Gasteiger partial charge in [-0.3, -0.25) is 0 Å². The van der Waals surface area contributed by atoms with Crippen LogP contribution in [0, 0.1) is 18.8 Å². The van der Waals surface area contributed by atoms with Crippen LogP contribution in [0.4, 0.5) is 0 Å². The van der Waals surface area contributed by atoms with Crippen LogP contribution in [0.3, 0.4) is 0 Å². The summed E-state index contributed by atoms with van der Waals surface area (Å²) < 4.78 is 8.33. The average molecular weight is 306 g/mol. The first kappa shape index (κ1) is 15.9. The maximum Gasteiger partial charge on any atom is 0.133 e. The second kappa shape index (κ2) is 7.55. The SMILES string of the molecule is Cc1nnc2n1C[C@H](CNCCO[C@@H]1CCCC[C@@H]1C)CC2. The quantitative estimate of drug-likeness (QED) is 0.820. The highest BCUT2D eigenvalue weighted by Gasteiger charge is 2.22. The molecule has 5 heteroatoms. The van der Waals surface area contributed by atoms with E-state index in [0.29, 0.717) is 12.0 Å². The molecule has 1 saturated carbocycles. The Bertz CT molecular complexity index is 473. The summed E-state index contributed by atoms with van der Waals surface area (Å²) in [6, 6.07) is 0. The van der Waals surface area contributed by atoms with Crippen molar-refractivity contribution in [3.63, 3.8) is 0 Å². The second-order valence-electron chi connectivity index (χ2n) is 7.05. The Labute approximate surface area is 133 Å². The van der Waals surface area contributed by atoms with Crippen molar-refractivity contribution in [3.05, 3.63) is 11.6 Å². The summed E-state index contributed by atoms with van der Waals surface area (Å²) in [7, 11) is 0. The van der Waals surface area contributed by atoms with E-state index in [4.69, 9.17) is 4.74 Å². The zero-order valence-corrected chi connectivity index (χ0v) is 14.1. The topological polar surface area (TPSA) is 52.0 Å². The molecule has 0 amide bonds. The largest absolute Gasteiger partial charge is 0.377 e. The van der Waals surface area contributed by atoms with Gasteiger partial charge in [-0.1, -0.05) is 19.8 Å². The number of rotatable bonds is 6. The molecule has 1 aromatic rings. The summed E-state index contributed by atoms with van der Waals surface area (Å²) in [4.78, 5) is 0. The molecule has 124 valence electrons. The van der Waals surface area contributed by atoms with E-state index in [1.807, 2.05) is 6.92 Å². The summed E-state index contributed by atoms with van der Waals surface area (Å²) in [6.07, 6.45) is 8.07. The molecule has 1 aromatic heterocycles. The lowest BCUT2D eigenvalue weighted by Crippen LogP contribution is -2.34. The molecule has 0 radical (unpaired) electrons. The zero-order valence-electron chi connectivity index (χ0n) is 14.1. The van der Waals surface area contributed by atoms with E-state index in [9.17, 15) is 0 Å². The maximum atomic E-state index is 6.06. The number of hydrogen-bond donors (Lipinski definition) is 1. The van der Waals surface area contributed by atoms with Gasteiger partial charge < -0.3 is 14.6 Å². The van der Waals surface area contributed by atoms with E-state index in [1.54, 1.807) is 0 Å². The van der Waals surface area contributed by atoms with Gasteiger partial charge >= 0.3 is 0 Å². The van der Waals surface area contributed by atoms with Crippen molar-refractivity contribution in [2.45, 2.75) is 65.0 Å². The highest BCUT2D eigenvalue weighted by molar-refractivity contribution is 4.98. The summed E-state index contributed by atoms with van der Waals surface area (Å²) >= 11 is 0. The van der Waals surface area contributed by atoms with Crippen LogP contribution < -0.4 is 5.32 Å². The van der Waals surface area contributed by atoms with Crippen molar-refractivity contribution < 1.29 is 4.74 Å². The highest BCUT2D eigenvalue weighted by atomic mass is 16.5. The molecular formula is C17H30N4O. The van der Waals surface area contributed by atoms with Crippen LogP contribution >= 0.6 is 0 Å². The Hall–Kier alpha value is -0.940. The normalized spacial score (nSPS) is 28.5. The molecule has 3 rings (SSSR count). The minimum Gasteiger partial charge on any atom is -0.377 e. The van der Waals surface area contributed by atoms with Gasteiger partial charge in [-0.05, 0) is 44.6 Å². The Balaban J connectivity index is 1.32. The zero-order chi connectivity index (χ0) is 15.4. The Morgan fingerprint density at radius 1 is 1.23 bits per heavy atom. The minimum absolute atomic E-state index is 0.493. The van der Waals surface area contributed by atoms with Gasteiger partial charge in [0.1, 0.15) is 11.6 Å². The van der Waals surface area contributed by atoms with Crippen LogP contribution in [0.5, 0.6) is 0 Å². The number of nitrogens with one attached hydrogen (secondary N) is 1. The van der Waals surface area contributed by atoms with Crippen molar-refractivity contribution in [1.82, 2.24) is 20.1 Å². The molecule has 3 atom stereocenters. The lowest BCUT2D eigenvalue weighted by atomic mass is 9.88. The molecule has 2 heterocycles. The molecule has 1 aliphatic carbocycles. The highest BCUT2D eigenvalue weighted by Crippen LogP contribution is 2.26. The number of aromatic nitrogens is 3.